The van der Waals surface area contributed by atoms with Crippen LogP contribution in [0.25, 0.3) is 0 Å². The van der Waals surface area contributed by atoms with Crippen molar-refractivity contribution in [2.24, 2.45) is 0 Å². The van der Waals surface area contributed by atoms with Gasteiger partial charge >= 0.3 is 5.97 Å². The van der Waals surface area contributed by atoms with Gasteiger partial charge in [-0.2, -0.15) is 0 Å². The van der Waals surface area contributed by atoms with E-state index in [0.29, 0.717) is 5.56 Å². The second kappa shape index (κ2) is 8.42. The standard InChI is InChI=1S/C20H13F3N2O4/c21-13-8-14(18(26)24-9-11-4-6-12(7-5-11)20(27)28)19(25-10-13)29-17-15(22)2-1-3-16(17)23/h1-8,10H,9H2,(H,24,26)(H,27,28). The van der Waals surface area contributed by atoms with Crippen LogP contribution < -0.4 is 10.1 Å². The van der Waals surface area contributed by atoms with Crippen LogP contribution >= 0.6 is 0 Å². The number of carbonyl (C=O) groups excluding carboxylic acids is 1. The van der Waals surface area contributed by atoms with Crippen LogP contribution in [0.2, 0.25) is 0 Å². The van der Waals surface area contributed by atoms with Crippen LogP contribution in [0, 0.1) is 17.5 Å². The van der Waals surface area contributed by atoms with Crippen LogP contribution in [0.15, 0.2) is 54.7 Å². The fourth-order valence-electron chi connectivity index (χ4n) is 2.39. The molecule has 1 amide bonds. The lowest BCUT2D eigenvalue weighted by Gasteiger charge is -2.12. The second-order valence-corrected chi connectivity index (χ2v) is 5.84. The molecule has 9 heteroatoms. The van der Waals surface area contributed by atoms with Crippen LogP contribution in [0.3, 0.4) is 0 Å². The summed E-state index contributed by atoms with van der Waals surface area (Å²) in [6, 6.07) is 9.61. The van der Waals surface area contributed by atoms with E-state index in [9.17, 15) is 22.8 Å². The number of amides is 1. The first kappa shape index (κ1) is 19.9. The van der Waals surface area contributed by atoms with Crippen molar-refractivity contribution >= 4 is 11.9 Å². The third kappa shape index (κ3) is 4.70. The van der Waals surface area contributed by atoms with Gasteiger partial charge in [0.2, 0.25) is 11.6 Å². The zero-order chi connectivity index (χ0) is 21.0. The van der Waals surface area contributed by atoms with Gasteiger partial charge in [-0.3, -0.25) is 4.79 Å². The molecule has 0 spiro atoms. The molecule has 3 aromatic rings. The predicted molar refractivity (Wildman–Crippen MR) is 95.2 cm³/mol. The van der Waals surface area contributed by atoms with Crippen molar-refractivity contribution in [1.82, 2.24) is 10.3 Å². The molecule has 0 saturated carbocycles. The average Bonchev–Trinajstić information content (AvgIpc) is 2.70. The van der Waals surface area contributed by atoms with E-state index >= 15 is 0 Å². The maximum Gasteiger partial charge on any atom is 0.335 e. The largest absolute Gasteiger partial charge is 0.478 e. The average molecular weight is 402 g/mol. The van der Waals surface area contributed by atoms with Crippen molar-refractivity contribution in [1.29, 1.82) is 0 Å². The molecule has 0 bridgehead atoms. The number of aromatic carboxylic acids is 1. The molecular formula is C20H13F3N2O4. The first-order chi connectivity index (χ1) is 13.8. The summed E-state index contributed by atoms with van der Waals surface area (Å²) >= 11 is 0. The molecule has 29 heavy (non-hydrogen) atoms. The normalized spacial score (nSPS) is 10.4. The summed E-state index contributed by atoms with van der Waals surface area (Å²) in [5, 5.41) is 11.4. The molecule has 1 heterocycles. The number of nitrogens with zero attached hydrogens (tertiary/aromatic N) is 1. The molecule has 0 aliphatic carbocycles. The number of halogens is 3. The lowest BCUT2D eigenvalue weighted by molar-refractivity contribution is 0.0696. The minimum absolute atomic E-state index is 0.0112. The van der Waals surface area contributed by atoms with Gasteiger partial charge < -0.3 is 15.2 Å². The van der Waals surface area contributed by atoms with Crippen LogP contribution in [0.4, 0.5) is 13.2 Å². The number of nitrogens with one attached hydrogen (secondary N) is 1. The molecule has 6 nitrogen and oxygen atoms in total. The third-order valence-electron chi connectivity index (χ3n) is 3.83. The molecule has 3 rings (SSSR count). The summed E-state index contributed by atoms with van der Waals surface area (Å²) < 4.78 is 46.3. The third-order valence-corrected chi connectivity index (χ3v) is 3.83. The van der Waals surface area contributed by atoms with Gasteiger partial charge in [0.1, 0.15) is 11.4 Å². The fraction of sp³-hybridized carbons (Fsp3) is 0.0500. The van der Waals surface area contributed by atoms with Gasteiger partial charge in [0.15, 0.2) is 11.6 Å². The Bertz CT molecular complexity index is 1050. The topological polar surface area (TPSA) is 88.5 Å². The summed E-state index contributed by atoms with van der Waals surface area (Å²) in [5.41, 5.74) is 0.294. The number of hydrogen-bond donors (Lipinski definition) is 2. The van der Waals surface area contributed by atoms with Crippen molar-refractivity contribution in [3.05, 3.63) is 88.9 Å². The van der Waals surface area contributed by atoms with E-state index in [-0.39, 0.29) is 17.7 Å². The van der Waals surface area contributed by atoms with Crippen LogP contribution in [0.5, 0.6) is 11.6 Å². The minimum atomic E-state index is -1.09. The first-order valence-corrected chi connectivity index (χ1v) is 8.23. The molecule has 0 atom stereocenters. The van der Waals surface area contributed by atoms with Gasteiger partial charge in [0.05, 0.1) is 11.8 Å². The molecule has 2 aromatic carbocycles. The summed E-state index contributed by atoms with van der Waals surface area (Å²) in [4.78, 5) is 26.9. The molecule has 0 fully saturated rings. The van der Waals surface area contributed by atoms with Gasteiger partial charge in [-0.15, -0.1) is 0 Å². The summed E-state index contributed by atoms with van der Waals surface area (Å²) in [5.74, 6) is -6.01. The molecule has 1 aromatic heterocycles. The highest BCUT2D eigenvalue weighted by Crippen LogP contribution is 2.28. The van der Waals surface area contributed by atoms with Crippen LogP contribution in [-0.4, -0.2) is 22.0 Å². The van der Waals surface area contributed by atoms with E-state index < -0.39 is 41.0 Å². The van der Waals surface area contributed by atoms with Crippen molar-refractivity contribution in [2.75, 3.05) is 0 Å². The SMILES string of the molecule is O=C(O)c1ccc(CNC(=O)c2cc(F)cnc2Oc2c(F)cccc2F)cc1. The molecule has 0 aliphatic rings. The van der Waals surface area contributed by atoms with E-state index in [2.05, 4.69) is 10.3 Å². The molecule has 2 N–H and O–H groups in total. The number of ether oxygens (including phenoxy) is 1. The Hall–Kier alpha value is -3.88. The summed E-state index contributed by atoms with van der Waals surface area (Å²) in [7, 11) is 0. The number of aromatic nitrogens is 1. The quantitative estimate of drug-likeness (QED) is 0.653. The number of para-hydroxylation sites is 1. The number of carboxylic acid groups (broad SMARTS) is 1. The summed E-state index contributed by atoms with van der Waals surface area (Å²) in [6.07, 6.45) is 0.746. The fourth-order valence-corrected chi connectivity index (χ4v) is 2.39. The number of pyridine rings is 1. The Morgan fingerprint density at radius 3 is 2.31 bits per heavy atom. The first-order valence-electron chi connectivity index (χ1n) is 8.23. The Balaban J connectivity index is 1.79. The molecule has 0 saturated heterocycles. The zero-order valence-corrected chi connectivity index (χ0v) is 14.7. The van der Waals surface area contributed by atoms with E-state index in [4.69, 9.17) is 9.84 Å². The van der Waals surface area contributed by atoms with Gasteiger partial charge in [-0.1, -0.05) is 18.2 Å². The van der Waals surface area contributed by atoms with Crippen molar-refractivity contribution in [3.63, 3.8) is 0 Å². The van der Waals surface area contributed by atoms with Gasteiger partial charge in [0, 0.05) is 6.54 Å². The molecule has 0 aliphatic heterocycles. The van der Waals surface area contributed by atoms with E-state index in [1.165, 1.54) is 24.3 Å². The highest BCUT2D eigenvalue weighted by Gasteiger charge is 2.19. The number of carboxylic acids is 1. The van der Waals surface area contributed by atoms with E-state index in [1.54, 1.807) is 0 Å². The predicted octanol–water partition coefficient (Wildman–Crippen LogP) is 3.92. The number of hydrogen-bond acceptors (Lipinski definition) is 4. The lowest BCUT2D eigenvalue weighted by Crippen LogP contribution is -2.24. The van der Waals surface area contributed by atoms with E-state index in [0.717, 1.165) is 30.5 Å². The zero-order valence-electron chi connectivity index (χ0n) is 14.7. The van der Waals surface area contributed by atoms with Crippen LogP contribution in [-0.2, 0) is 6.54 Å². The molecular weight excluding hydrogens is 389 g/mol. The number of rotatable bonds is 6. The van der Waals surface area contributed by atoms with Gasteiger partial charge in [-0.25, -0.2) is 22.9 Å². The van der Waals surface area contributed by atoms with E-state index in [1.807, 2.05) is 0 Å². The highest BCUT2D eigenvalue weighted by atomic mass is 19.1. The lowest BCUT2D eigenvalue weighted by atomic mass is 10.1. The van der Waals surface area contributed by atoms with Gasteiger partial charge in [-0.05, 0) is 35.9 Å². The summed E-state index contributed by atoms with van der Waals surface area (Å²) in [6.45, 7) is -0.0112. The monoisotopic (exact) mass is 402 g/mol. The smallest absolute Gasteiger partial charge is 0.335 e. The number of benzene rings is 2. The Kier molecular flexibility index (Phi) is 5.77. The van der Waals surface area contributed by atoms with Crippen molar-refractivity contribution in [3.8, 4) is 11.6 Å². The molecule has 0 unspecified atom stereocenters. The Labute approximate surface area is 162 Å². The Morgan fingerprint density at radius 2 is 1.69 bits per heavy atom. The highest BCUT2D eigenvalue weighted by molar-refractivity contribution is 5.96. The van der Waals surface area contributed by atoms with Gasteiger partial charge in [0.25, 0.3) is 5.91 Å². The van der Waals surface area contributed by atoms with Crippen molar-refractivity contribution in [2.45, 2.75) is 6.54 Å². The molecule has 148 valence electrons. The molecule has 0 radical (unpaired) electrons. The van der Waals surface area contributed by atoms with Crippen molar-refractivity contribution < 1.29 is 32.6 Å². The van der Waals surface area contributed by atoms with Crippen LogP contribution in [0.1, 0.15) is 26.3 Å². The maximum absolute atomic E-state index is 13.8. The minimum Gasteiger partial charge on any atom is -0.478 e. The number of carbonyl (C=O) groups is 2. The second-order valence-electron chi connectivity index (χ2n) is 5.84. The Morgan fingerprint density at radius 1 is 1.03 bits per heavy atom. The maximum atomic E-state index is 13.8.